The van der Waals surface area contributed by atoms with Crippen molar-refractivity contribution in [2.45, 2.75) is 44.3 Å². The van der Waals surface area contributed by atoms with Gasteiger partial charge in [0.25, 0.3) is 0 Å². The van der Waals surface area contributed by atoms with Gasteiger partial charge in [-0.1, -0.05) is 42.5 Å². The summed E-state index contributed by atoms with van der Waals surface area (Å²) >= 11 is 0. The van der Waals surface area contributed by atoms with E-state index in [4.69, 9.17) is 18.9 Å². The van der Waals surface area contributed by atoms with E-state index in [9.17, 15) is 5.11 Å². The highest BCUT2D eigenvalue weighted by Gasteiger charge is 2.43. The first-order chi connectivity index (χ1) is 18.0. The molecule has 6 rings (SSSR count). The molecule has 5 heteroatoms. The Hall–Kier alpha value is -3.28. The highest BCUT2D eigenvalue weighted by atomic mass is 16.5. The molecule has 1 N–H and O–H groups in total. The molecule has 192 valence electrons. The van der Waals surface area contributed by atoms with Gasteiger partial charge in [0.05, 0.1) is 26.9 Å². The van der Waals surface area contributed by atoms with Crippen molar-refractivity contribution >= 4 is 0 Å². The van der Waals surface area contributed by atoms with E-state index in [0.717, 1.165) is 35.7 Å². The lowest BCUT2D eigenvalue weighted by molar-refractivity contribution is 0.125. The summed E-state index contributed by atoms with van der Waals surface area (Å²) in [6, 6.07) is 4.36. The second-order valence-electron chi connectivity index (χ2n) is 10.4. The second kappa shape index (κ2) is 9.55. The van der Waals surface area contributed by atoms with Gasteiger partial charge in [0.1, 0.15) is 11.9 Å². The maximum Gasteiger partial charge on any atom is 0.163 e. The van der Waals surface area contributed by atoms with Crippen LogP contribution in [-0.2, 0) is 9.47 Å². The molecule has 5 nitrogen and oxygen atoms in total. The quantitative estimate of drug-likeness (QED) is 0.557. The number of hydrogen-bond donors (Lipinski definition) is 1. The van der Waals surface area contributed by atoms with Crippen LogP contribution in [-0.4, -0.2) is 45.3 Å². The first-order valence-electron chi connectivity index (χ1n) is 13.0. The average molecular weight is 499 g/mol. The minimum absolute atomic E-state index is 0.00178. The van der Waals surface area contributed by atoms with E-state index in [-0.39, 0.29) is 17.9 Å². The van der Waals surface area contributed by atoms with E-state index < -0.39 is 6.10 Å². The molecule has 0 bridgehead atoms. The van der Waals surface area contributed by atoms with Gasteiger partial charge in [0.15, 0.2) is 11.5 Å². The van der Waals surface area contributed by atoms with E-state index in [1.807, 2.05) is 6.08 Å². The molecule has 0 aromatic heterocycles. The summed E-state index contributed by atoms with van der Waals surface area (Å²) in [4.78, 5) is 0. The van der Waals surface area contributed by atoms with Crippen LogP contribution in [0.5, 0.6) is 11.5 Å². The molecule has 0 saturated carbocycles. The molecular formula is C32H34O5. The fourth-order valence-electron chi connectivity index (χ4n) is 6.58. The predicted octanol–water partition coefficient (Wildman–Crippen LogP) is 5.79. The van der Waals surface area contributed by atoms with Crippen LogP contribution in [0.25, 0.3) is 0 Å². The Balaban J connectivity index is 1.60. The molecule has 5 aliphatic rings. The molecule has 1 saturated heterocycles. The molecule has 4 aliphatic carbocycles. The van der Waals surface area contributed by atoms with Crippen LogP contribution in [0.2, 0.25) is 0 Å². The Morgan fingerprint density at radius 3 is 2.68 bits per heavy atom. The van der Waals surface area contributed by atoms with Gasteiger partial charge >= 0.3 is 0 Å². The summed E-state index contributed by atoms with van der Waals surface area (Å²) in [7, 11) is 5.12. The number of hydrogen-bond acceptors (Lipinski definition) is 5. The average Bonchev–Trinajstić information content (AvgIpc) is 2.91. The highest BCUT2D eigenvalue weighted by molar-refractivity contribution is 5.65. The van der Waals surface area contributed by atoms with Crippen molar-refractivity contribution in [2.75, 3.05) is 27.9 Å². The van der Waals surface area contributed by atoms with Gasteiger partial charge in [-0.3, -0.25) is 0 Å². The molecule has 4 atom stereocenters. The maximum absolute atomic E-state index is 10.3. The van der Waals surface area contributed by atoms with E-state index in [0.29, 0.717) is 13.0 Å². The largest absolute Gasteiger partial charge is 0.493 e. The third-order valence-electron chi connectivity index (χ3n) is 8.12. The van der Waals surface area contributed by atoms with Crippen LogP contribution in [0.1, 0.15) is 36.3 Å². The van der Waals surface area contributed by atoms with Crippen LogP contribution in [0.4, 0.5) is 0 Å². The molecule has 1 heterocycles. The van der Waals surface area contributed by atoms with Crippen molar-refractivity contribution < 1.29 is 24.1 Å². The Kier molecular flexibility index (Phi) is 6.21. The van der Waals surface area contributed by atoms with E-state index in [1.165, 1.54) is 39.0 Å². The van der Waals surface area contributed by atoms with Gasteiger partial charge < -0.3 is 24.1 Å². The van der Waals surface area contributed by atoms with E-state index in [2.05, 4.69) is 55.5 Å². The first-order valence-corrected chi connectivity index (χ1v) is 13.0. The molecule has 1 aromatic carbocycles. The van der Waals surface area contributed by atoms with Crippen molar-refractivity contribution in [3.63, 3.8) is 0 Å². The fourth-order valence-corrected chi connectivity index (χ4v) is 6.58. The zero-order valence-corrected chi connectivity index (χ0v) is 21.9. The number of aliphatic hydroxyl groups is 1. The monoisotopic (exact) mass is 498 g/mol. The van der Waals surface area contributed by atoms with Crippen LogP contribution in [0.3, 0.4) is 0 Å². The van der Waals surface area contributed by atoms with Crippen LogP contribution in [0.15, 0.2) is 93.9 Å². The van der Waals surface area contributed by atoms with Crippen LogP contribution in [0, 0.1) is 12.8 Å². The topological polar surface area (TPSA) is 57.2 Å². The summed E-state index contributed by atoms with van der Waals surface area (Å²) in [5, 5.41) is 10.3. The number of aliphatic hydroxyl groups excluding tert-OH is 1. The zero-order valence-electron chi connectivity index (χ0n) is 21.9. The van der Waals surface area contributed by atoms with Crippen molar-refractivity contribution in [1.29, 1.82) is 0 Å². The molecule has 0 radical (unpaired) electrons. The summed E-state index contributed by atoms with van der Waals surface area (Å²) in [6.45, 7) is 2.68. The third-order valence-corrected chi connectivity index (χ3v) is 8.12. The van der Waals surface area contributed by atoms with E-state index in [1.54, 1.807) is 21.3 Å². The summed E-state index contributed by atoms with van der Waals surface area (Å²) in [5.74, 6) is 2.77. The number of methoxy groups -OCH3 is 3. The summed E-state index contributed by atoms with van der Waals surface area (Å²) in [6.07, 6.45) is 17.2. The third kappa shape index (κ3) is 4.01. The highest BCUT2D eigenvalue weighted by Crippen LogP contribution is 2.54. The Morgan fingerprint density at radius 1 is 1.03 bits per heavy atom. The molecule has 0 spiro atoms. The zero-order chi connectivity index (χ0) is 25.7. The van der Waals surface area contributed by atoms with Crippen LogP contribution < -0.4 is 9.47 Å². The molecule has 0 amide bonds. The summed E-state index contributed by atoms with van der Waals surface area (Å²) in [5.41, 5.74) is 9.62. The molecule has 1 fully saturated rings. The maximum atomic E-state index is 10.3. The Labute approximate surface area is 218 Å². The standard InChI is InChI=1S/C32H34O5/c1-18-13-22(16-28(35-3)32(18)36-4)29-30-24-9-5-19(17-34-2)14-20(24)6-11-26(30)37-27-12-7-21-15-23(33)8-10-25(21)31(27)29/h5,7-11,13-14,16,20,23,27,29,33H,6,12,15,17H2,1-4H3/t20-,23+,27?,29?/m1/s1. The number of aryl methyl sites for hydroxylation is 1. The van der Waals surface area contributed by atoms with Crippen molar-refractivity contribution in [2.24, 2.45) is 5.92 Å². The molecular weight excluding hydrogens is 464 g/mol. The number of ether oxygens (including phenoxy) is 4. The van der Waals surface area contributed by atoms with Gasteiger partial charge in [-0.15, -0.1) is 0 Å². The number of allylic oxidation sites excluding steroid dienone is 7. The summed E-state index contributed by atoms with van der Waals surface area (Å²) < 4.78 is 23.6. The lowest BCUT2D eigenvalue weighted by Crippen LogP contribution is -2.35. The lowest BCUT2D eigenvalue weighted by atomic mass is 9.67. The van der Waals surface area contributed by atoms with Gasteiger partial charge in [0, 0.05) is 37.4 Å². The van der Waals surface area contributed by atoms with Gasteiger partial charge in [-0.05, 0) is 64.5 Å². The first kappa shape index (κ1) is 24.1. The number of fused-ring (bicyclic) bond motifs is 4. The van der Waals surface area contributed by atoms with Crippen molar-refractivity contribution in [1.82, 2.24) is 0 Å². The predicted molar refractivity (Wildman–Crippen MR) is 144 cm³/mol. The fraction of sp³-hybridized carbons (Fsp3) is 0.375. The minimum Gasteiger partial charge on any atom is -0.493 e. The SMILES string of the molecule is COCC1=C[C@H]2CC=C3OC4CC=C5C[C@@H](O)C=CC5=C4C(c4cc(C)c(OC)c(OC)c4)C3=C2C=C1. The van der Waals surface area contributed by atoms with Crippen LogP contribution >= 0.6 is 0 Å². The molecule has 37 heavy (non-hydrogen) atoms. The van der Waals surface area contributed by atoms with Gasteiger partial charge in [-0.25, -0.2) is 0 Å². The second-order valence-corrected chi connectivity index (χ2v) is 10.4. The lowest BCUT2D eigenvalue weighted by Gasteiger charge is -2.44. The number of rotatable bonds is 5. The Bertz CT molecular complexity index is 1350. The normalized spacial score (nSPS) is 27.8. The van der Waals surface area contributed by atoms with E-state index >= 15 is 0 Å². The Morgan fingerprint density at radius 2 is 1.89 bits per heavy atom. The van der Waals surface area contributed by atoms with Gasteiger partial charge in [-0.2, -0.15) is 0 Å². The van der Waals surface area contributed by atoms with Crippen molar-refractivity contribution in [3.8, 4) is 11.5 Å². The molecule has 1 aromatic rings. The molecule has 1 aliphatic heterocycles. The smallest absolute Gasteiger partial charge is 0.163 e. The minimum atomic E-state index is -0.444. The van der Waals surface area contributed by atoms with Crippen molar-refractivity contribution in [3.05, 3.63) is 105 Å². The number of benzene rings is 1. The molecule has 2 unspecified atom stereocenters. The van der Waals surface area contributed by atoms with Gasteiger partial charge in [0.2, 0.25) is 0 Å².